The fourth-order valence-electron chi connectivity index (χ4n) is 2.19. The highest BCUT2D eigenvalue weighted by molar-refractivity contribution is 9.09. The second kappa shape index (κ2) is 8.32. The Balaban J connectivity index is 2.07. The van der Waals surface area contributed by atoms with Crippen LogP contribution in [0.1, 0.15) is 4.88 Å². The molecule has 2 heterocycles. The van der Waals surface area contributed by atoms with Crippen LogP contribution in [0.2, 0.25) is 0 Å². The monoisotopic (exact) mass is 475 g/mol. The topological polar surface area (TPSA) is 75.9 Å². The number of rotatable bonds is 8. The Kier molecular flexibility index (Phi) is 7.00. The molecule has 0 radical (unpaired) electrons. The van der Waals surface area contributed by atoms with Crippen molar-refractivity contribution in [3.8, 4) is 0 Å². The molecule has 1 aromatic rings. The lowest BCUT2D eigenvalue weighted by atomic mass is 10.5. The molecule has 0 spiro atoms. The van der Waals surface area contributed by atoms with E-state index >= 15 is 0 Å². The van der Waals surface area contributed by atoms with Crippen molar-refractivity contribution in [3.63, 3.8) is 0 Å². The largest absolute Gasteiger partial charge is 0.346 e. The molecule has 0 N–H and O–H groups in total. The summed E-state index contributed by atoms with van der Waals surface area (Å²) in [5.74, 6) is 0. The van der Waals surface area contributed by atoms with Gasteiger partial charge in [0.15, 0.2) is 0 Å². The zero-order chi connectivity index (χ0) is 16.2. The molecule has 0 aromatic carbocycles. The molecule has 0 atom stereocenters. The predicted molar refractivity (Wildman–Crippen MR) is 94.1 cm³/mol. The minimum Gasteiger partial charge on any atom is -0.300 e. The minimum atomic E-state index is -3.06. The van der Waals surface area contributed by atoms with Crippen LogP contribution in [0.25, 0.3) is 0 Å². The van der Waals surface area contributed by atoms with E-state index in [2.05, 4.69) is 31.9 Å². The zero-order valence-electron chi connectivity index (χ0n) is 11.7. The van der Waals surface area contributed by atoms with Gasteiger partial charge in [0.2, 0.25) is 0 Å². The van der Waals surface area contributed by atoms with Gasteiger partial charge in [0, 0.05) is 47.8 Å². The van der Waals surface area contributed by atoms with E-state index in [-0.39, 0.29) is 11.6 Å². The summed E-state index contributed by atoms with van der Waals surface area (Å²) in [5.41, 5.74) is 0. The molecule has 0 aliphatic carbocycles. The predicted octanol–water partition coefficient (Wildman–Crippen LogP) is 3.69. The van der Waals surface area contributed by atoms with Gasteiger partial charge in [-0.3, -0.25) is 14.7 Å². The SMILES string of the molecule is O=[N+]([O-])c1ccc(COP2(=O)N(CCBr)CCN2CCBr)s1. The molecule has 124 valence electrons. The lowest BCUT2D eigenvalue weighted by molar-refractivity contribution is -0.380. The van der Waals surface area contributed by atoms with Crippen molar-refractivity contribution in [1.82, 2.24) is 9.34 Å². The summed E-state index contributed by atoms with van der Waals surface area (Å²) in [6.45, 7) is 2.79. The Morgan fingerprint density at radius 3 is 2.32 bits per heavy atom. The standard InChI is InChI=1S/C11H16Br2N3O4PS/c12-3-5-14-7-8-15(6-4-13)21(14,19)20-9-10-1-2-11(22-10)16(17)18/h1-2H,3-9H2. The van der Waals surface area contributed by atoms with E-state index in [0.29, 0.717) is 41.7 Å². The molecular weight excluding hydrogens is 461 g/mol. The molecule has 2 rings (SSSR count). The number of hydrogen-bond acceptors (Lipinski definition) is 5. The molecule has 0 unspecified atom stereocenters. The summed E-state index contributed by atoms with van der Waals surface area (Å²) < 4.78 is 22.7. The highest BCUT2D eigenvalue weighted by Crippen LogP contribution is 2.58. The molecule has 1 aromatic heterocycles. The number of nitro groups is 1. The Morgan fingerprint density at radius 1 is 1.27 bits per heavy atom. The van der Waals surface area contributed by atoms with E-state index in [9.17, 15) is 14.7 Å². The summed E-state index contributed by atoms with van der Waals surface area (Å²) in [7, 11) is -3.06. The van der Waals surface area contributed by atoms with Crippen molar-refractivity contribution in [2.24, 2.45) is 0 Å². The molecule has 1 saturated heterocycles. The van der Waals surface area contributed by atoms with Crippen molar-refractivity contribution in [2.75, 3.05) is 36.8 Å². The first-order chi connectivity index (χ1) is 10.5. The first-order valence-electron chi connectivity index (χ1n) is 6.61. The Bertz CT molecular complexity index is 555. The van der Waals surface area contributed by atoms with E-state index in [1.54, 1.807) is 6.07 Å². The lowest BCUT2D eigenvalue weighted by Crippen LogP contribution is -2.24. The van der Waals surface area contributed by atoms with Crippen LogP contribution in [0.15, 0.2) is 12.1 Å². The molecule has 7 nitrogen and oxygen atoms in total. The number of hydrogen-bond donors (Lipinski definition) is 0. The van der Waals surface area contributed by atoms with Gasteiger partial charge in [-0.15, -0.1) is 0 Å². The molecule has 22 heavy (non-hydrogen) atoms. The normalized spacial score (nSPS) is 18.8. The van der Waals surface area contributed by atoms with Gasteiger partial charge in [0.25, 0.3) is 0 Å². The van der Waals surface area contributed by atoms with Gasteiger partial charge in [-0.1, -0.05) is 43.2 Å². The van der Waals surface area contributed by atoms with Crippen LogP contribution in [0.5, 0.6) is 0 Å². The molecule has 0 amide bonds. The number of alkyl halides is 2. The molecule has 0 bridgehead atoms. The van der Waals surface area contributed by atoms with Crippen LogP contribution in [-0.4, -0.2) is 51.1 Å². The average Bonchev–Trinajstić information content (AvgIpc) is 3.06. The van der Waals surface area contributed by atoms with Gasteiger partial charge in [-0.2, -0.15) is 0 Å². The summed E-state index contributed by atoms with van der Waals surface area (Å²) >= 11 is 7.78. The fourth-order valence-corrected chi connectivity index (χ4v) is 6.79. The van der Waals surface area contributed by atoms with Crippen molar-refractivity contribution in [2.45, 2.75) is 6.61 Å². The highest BCUT2D eigenvalue weighted by atomic mass is 79.9. The van der Waals surface area contributed by atoms with Crippen LogP contribution >= 0.6 is 50.9 Å². The lowest BCUT2D eigenvalue weighted by Gasteiger charge is -2.28. The maximum Gasteiger partial charge on any atom is 0.346 e. The van der Waals surface area contributed by atoms with Crippen molar-refractivity contribution >= 4 is 55.9 Å². The van der Waals surface area contributed by atoms with Crippen LogP contribution in [0.3, 0.4) is 0 Å². The van der Waals surface area contributed by atoms with Gasteiger partial charge in [-0.05, 0) is 6.07 Å². The van der Waals surface area contributed by atoms with Crippen molar-refractivity contribution < 1.29 is 14.0 Å². The molecule has 1 fully saturated rings. The Labute approximate surface area is 149 Å². The Morgan fingerprint density at radius 2 is 1.86 bits per heavy atom. The first kappa shape index (κ1) is 18.5. The molecule has 1 aliphatic rings. The van der Waals surface area contributed by atoms with Crippen LogP contribution in [-0.2, 0) is 15.7 Å². The highest BCUT2D eigenvalue weighted by Gasteiger charge is 2.43. The molecule has 0 saturated carbocycles. The van der Waals surface area contributed by atoms with E-state index < -0.39 is 12.6 Å². The maximum absolute atomic E-state index is 13.2. The first-order valence-corrected chi connectivity index (χ1v) is 11.2. The van der Waals surface area contributed by atoms with Gasteiger partial charge in [0.1, 0.15) is 0 Å². The van der Waals surface area contributed by atoms with Crippen molar-refractivity contribution in [3.05, 3.63) is 27.1 Å². The van der Waals surface area contributed by atoms with E-state index in [1.165, 1.54) is 6.07 Å². The Hall–Kier alpha value is 0.170. The number of halogens is 2. The summed E-state index contributed by atoms with van der Waals surface area (Å²) in [4.78, 5) is 11.0. The smallest absolute Gasteiger partial charge is 0.300 e. The number of nitrogens with zero attached hydrogens (tertiary/aromatic N) is 3. The van der Waals surface area contributed by atoms with Crippen molar-refractivity contribution in [1.29, 1.82) is 0 Å². The van der Waals surface area contributed by atoms with Crippen LogP contribution in [0.4, 0.5) is 5.00 Å². The third kappa shape index (κ3) is 4.17. The van der Waals surface area contributed by atoms with E-state index in [1.807, 2.05) is 9.34 Å². The average molecular weight is 477 g/mol. The van der Waals surface area contributed by atoms with Crippen LogP contribution in [0, 0.1) is 10.1 Å². The molecule has 11 heteroatoms. The van der Waals surface area contributed by atoms with E-state index in [0.717, 1.165) is 11.3 Å². The quantitative estimate of drug-likeness (QED) is 0.246. The second-order valence-corrected chi connectivity index (χ2v) is 9.65. The summed E-state index contributed by atoms with van der Waals surface area (Å²) in [6.07, 6.45) is 0. The third-order valence-corrected chi connectivity index (χ3v) is 7.63. The maximum atomic E-state index is 13.2. The second-order valence-electron chi connectivity index (χ2n) is 4.55. The van der Waals surface area contributed by atoms with Gasteiger partial charge >= 0.3 is 12.7 Å². The number of thiophene rings is 1. The van der Waals surface area contributed by atoms with Crippen LogP contribution < -0.4 is 0 Å². The minimum absolute atomic E-state index is 0.0675. The van der Waals surface area contributed by atoms with E-state index in [4.69, 9.17) is 4.52 Å². The summed E-state index contributed by atoms with van der Waals surface area (Å²) in [5, 5.41) is 12.2. The third-order valence-electron chi connectivity index (χ3n) is 3.22. The molecular formula is C11H16Br2N3O4PS. The fraction of sp³-hybridized carbons (Fsp3) is 0.636. The van der Waals surface area contributed by atoms with Gasteiger partial charge < -0.3 is 4.52 Å². The van der Waals surface area contributed by atoms with Gasteiger partial charge in [0.05, 0.1) is 11.5 Å². The molecule has 1 aliphatic heterocycles. The summed E-state index contributed by atoms with van der Waals surface area (Å²) in [6, 6.07) is 3.09. The zero-order valence-corrected chi connectivity index (χ0v) is 16.6. The van der Waals surface area contributed by atoms with Gasteiger partial charge in [-0.25, -0.2) is 9.34 Å².